The minimum absolute atomic E-state index is 0.109. The molecule has 1 aliphatic carbocycles. The minimum Gasteiger partial charge on any atom is -0.448 e. The number of hydrogen-bond donors (Lipinski definition) is 2. The number of nitrogens with one attached hydrogen (secondary N) is 1. The molecule has 0 atom stereocenters. The lowest BCUT2D eigenvalue weighted by Crippen LogP contribution is -2.47. The summed E-state index contributed by atoms with van der Waals surface area (Å²) in [6.07, 6.45) is 5.10. The van der Waals surface area contributed by atoms with Crippen LogP contribution >= 0.6 is 0 Å². The molecule has 88 valence electrons. The number of carbonyl (C=O) groups excluding carboxylic acids is 1. The molecule has 0 aromatic rings. The fourth-order valence-corrected chi connectivity index (χ4v) is 1.89. The van der Waals surface area contributed by atoms with E-state index in [1.54, 1.807) is 0 Å². The molecule has 4 nitrogen and oxygen atoms in total. The number of ether oxygens (including phenoxy) is 1. The SMILES string of the molecule is CC(C)NC(=O)OCC1(N)CCCCC1. The van der Waals surface area contributed by atoms with Crippen LogP contribution in [-0.4, -0.2) is 24.3 Å². The van der Waals surface area contributed by atoms with Crippen LogP contribution in [0.25, 0.3) is 0 Å². The monoisotopic (exact) mass is 214 g/mol. The van der Waals surface area contributed by atoms with Crippen molar-refractivity contribution < 1.29 is 9.53 Å². The van der Waals surface area contributed by atoms with Crippen LogP contribution in [0.2, 0.25) is 0 Å². The van der Waals surface area contributed by atoms with Gasteiger partial charge in [-0.25, -0.2) is 4.79 Å². The molecular weight excluding hydrogens is 192 g/mol. The first-order valence-electron chi connectivity index (χ1n) is 5.74. The van der Waals surface area contributed by atoms with E-state index in [4.69, 9.17) is 10.5 Å². The second-order valence-electron chi connectivity index (χ2n) is 4.80. The van der Waals surface area contributed by atoms with Crippen molar-refractivity contribution in [2.45, 2.75) is 57.5 Å². The summed E-state index contributed by atoms with van der Waals surface area (Å²) in [7, 11) is 0. The molecule has 0 aromatic heterocycles. The lowest BCUT2D eigenvalue weighted by Gasteiger charge is -2.32. The van der Waals surface area contributed by atoms with Crippen LogP contribution in [0.15, 0.2) is 0 Å². The van der Waals surface area contributed by atoms with E-state index in [1.165, 1.54) is 6.42 Å². The molecule has 0 heterocycles. The second-order valence-corrected chi connectivity index (χ2v) is 4.80. The normalized spacial score (nSPS) is 20.0. The molecular formula is C11H22N2O2. The van der Waals surface area contributed by atoms with Gasteiger partial charge in [0.15, 0.2) is 0 Å². The maximum atomic E-state index is 11.2. The highest BCUT2D eigenvalue weighted by atomic mass is 16.5. The average molecular weight is 214 g/mol. The van der Waals surface area contributed by atoms with Crippen molar-refractivity contribution in [1.29, 1.82) is 0 Å². The topological polar surface area (TPSA) is 64.3 Å². The predicted molar refractivity (Wildman–Crippen MR) is 59.6 cm³/mol. The van der Waals surface area contributed by atoms with Crippen molar-refractivity contribution in [3.8, 4) is 0 Å². The Morgan fingerprint density at radius 3 is 2.53 bits per heavy atom. The van der Waals surface area contributed by atoms with Gasteiger partial charge in [-0.05, 0) is 26.7 Å². The summed E-state index contributed by atoms with van der Waals surface area (Å²) in [5, 5.41) is 2.68. The predicted octanol–water partition coefficient (Wildman–Crippen LogP) is 1.78. The van der Waals surface area contributed by atoms with Gasteiger partial charge in [-0.3, -0.25) is 0 Å². The highest BCUT2D eigenvalue weighted by Gasteiger charge is 2.28. The maximum Gasteiger partial charge on any atom is 0.407 e. The Labute approximate surface area is 91.5 Å². The van der Waals surface area contributed by atoms with Crippen LogP contribution in [0.4, 0.5) is 4.79 Å². The second kappa shape index (κ2) is 5.35. The van der Waals surface area contributed by atoms with Crippen molar-refractivity contribution in [3.63, 3.8) is 0 Å². The van der Waals surface area contributed by atoms with Gasteiger partial charge in [0.05, 0.1) is 5.54 Å². The Bertz CT molecular complexity index is 211. The summed E-state index contributed by atoms with van der Waals surface area (Å²) in [6, 6.07) is 0.109. The van der Waals surface area contributed by atoms with Crippen LogP contribution in [0.1, 0.15) is 46.0 Å². The lowest BCUT2D eigenvalue weighted by molar-refractivity contribution is 0.0996. The van der Waals surface area contributed by atoms with Crippen molar-refractivity contribution in [3.05, 3.63) is 0 Å². The van der Waals surface area contributed by atoms with Gasteiger partial charge >= 0.3 is 6.09 Å². The standard InChI is InChI=1S/C11H22N2O2/c1-9(2)13-10(14)15-8-11(12)6-4-3-5-7-11/h9H,3-8,12H2,1-2H3,(H,13,14). The molecule has 1 aliphatic rings. The average Bonchev–Trinajstić information content (AvgIpc) is 2.15. The van der Waals surface area contributed by atoms with Gasteiger partial charge in [0.25, 0.3) is 0 Å². The molecule has 3 N–H and O–H groups in total. The molecule has 1 fully saturated rings. The first kappa shape index (κ1) is 12.3. The summed E-state index contributed by atoms with van der Waals surface area (Å²) < 4.78 is 5.12. The zero-order valence-electron chi connectivity index (χ0n) is 9.71. The Morgan fingerprint density at radius 2 is 2.00 bits per heavy atom. The summed E-state index contributed by atoms with van der Waals surface area (Å²) in [5.74, 6) is 0. The van der Waals surface area contributed by atoms with Crippen LogP contribution in [0.5, 0.6) is 0 Å². The number of amides is 1. The molecule has 0 aromatic carbocycles. The molecule has 0 bridgehead atoms. The molecule has 0 radical (unpaired) electrons. The Morgan fingerprint density at radius 1 is 1.40 bits per heavy atom. The third kappa shape index (κ3) is 4.51. The first-order valence-corrected chi connectivity index (χ1v) is 5.74. The number of alkyl carbamates (subject to hydrolysis) is 1. The van der Waals surface area contributed by atoms with Gasteiger partial charge in [0, 0.05) is 6.04 Å². The van der Waals surface area contributed by atoms with Crippen molar-refractivity contribution >= 4 is 6.09 Å². The summed E-state index contributed by atoms with van der Waals surface area (Å²) in [5.41, 5.74) is 5.85. The highest BCUT2D eigenvalue weighted by Crippen LogP contribution is 2.25. The zero-order chi connectivity index (χ0) is 11.3. The van der Waals surface area contributed by atoms with E-state index in [1.807, 2.05) is 13.8 Å². The van der Waals surface area contributed by atoms with Gasteiger partial charge < -0.3 is 15.8 Å². The Balaban J connectivity index is 2.25. The van der Waals surface area contributed by atoms with Gasteiger partial charge in [-0.2, -0.15) is 0 Å². The van der Waals surface area contributed by atoms with Gasteiger partial charge in [-0.15, -0.1) is 0 Å². The van der Waals surface area contributed by atoms with E-state index < -0.39 is 0 Å². The molecule has 0 aliphatic heterocycles. The highest BCUT2D eigenvalue weighted by molar-refractivity contribution is 5.67. The van der Waals surface area contributed by atoms with Crippen LogP contribution in [0.3, 0.4) is 0 Å². The molecule has 0 spiro atoms. The molecule has 0 saturated heterocycles. The van der Waals surface area contributed by atoms with E-state index in [0.717, 1.165) is 25.7 Å². The van der Waals surface area contributed by atoms with Crippen LogP contribution < -0.4 is 11.1 Å². The third-order valence-electron chi connectivity index (χ3n) is 2.75. The molecule has 4 heteroatoms. The quantitative estimate of drug-likeness (QED) is 0.752. The molecule has 15 heavy (non-hydrogen) atoms. The lowest BCUT2D eigenvalue weighted by atomic mass is 9.83. The van der Waals surface area contributed by atoms with E-state index in [9.17, 15) is 4.79 Å². The van der Waals surface area contributed by atoms with E-state index in [2.05, 4.69) is 5.32 Å². The molecule has 0 unspecified atom stereocenters. The molecule has 1 amide bonds. The summed E-state index contributed by atoms with van der Waals surface area (Å²) >= 11 is 0. The number of carbonyl (C=O) groups is 1. The Kier molecular flexibility index (Phi) is 4.39. The number of rotatable bonds is 3. The summed E-state index contributed by atoms with van der Waals surface area (Å²) in [6.45, 7) is 4.14. The maximum absolute atomic E-state index is 11.2. The minimum atomic E-state index is -0.361. The van der Waals surface area contributed by atoms with Gasteiger partial charge in [0.2, 0.25) is 0 Å². The number of hydrogen-bond acceptors (Lipinski definition) is 3. The first-order chi connectivity index (χ1) is 7.02. The number of nitrogens with two attached hydrogens (primary N) is 1. The van der Waals surface area contributed by atoms with Crippen LogP contribution in [-0.2, 0) is 4.74 Å². The van der Waals surface area contributed by atoms with Gasteiger partial charge in [-0.1, -0.05) is 19.3 Å². The smallest absolute Gasteiger partial charge is 0.407 e. The fourth-order valence-electron chi connectivity index (χ4n) is 1.89. The van der Waals surface area contributed by atoms with Crippen molar-refractivity contribution in [2.75, 3.05) is 6.61 Å². The van der Waals surface area contributed by atoms with E-state index in [-0.39, 0.29) is 17.7 Å². The third-order valence-corrected chi connectivity index (χ3v) is 2.75. The largest absolute Gasteiger partial charge is 0.448 e. The van der Waals surface area contributed by atoms with E-state index >= 15 is 0 Å². The van der Waals surface area contributed by atoms with E-state index in [0.29, 0.717) is 6.61 Å². The molecule has 1 saturated carbocycles. The van der Waals surface area contributed by atoms with Gasteiger partial charge in [0.1, 0.15) is 6.61 Å². The van der Waals surface area contributed by atoms with Crippen molar-refractivity contribution in [2.24, 2.45) is 5.73 Å². The molecule has 1 rings (SSSR count). The summed E-state index contributed by atoms with van der Waals surface area (Å²) in [4.78, 5) is 11.2. The Hall–Kier alpha value is -0.770. The van der Waals surface area contributed by atoms with Crippen LogP contribution in [0, 0.1) is 0 Å². The van der Waals surface area contributed by atoms with Crippen molar-refractivity contribution in [1.82, 2.24) is 5.32 Å². The fraction of sp³-hybridized carbons (Fsp3) is 0.909. The zero-order valence-corrected chi connectivity index (χ0v) is 9.71.